The molecule has 0 aliphatic carbocycles. The largest absolute Gasteiger partial charge is 0.495 e. The zero-order valence-corrected chi connectivity index (χ0v) is 18.1. The minimum Gasteiger partial charge on any atom is -0.495 e. The SMILES string of the molecule is COc1ccc(-c2onc(C)c2C)cc1S(=O)(=O)CCC(=O)Nc1cccc(C#N)c1. The van der Waals surface area contributed by atoms with E-state index in [1.807, 2.05) is 13.0 Å². The standard InChI is InChI=1S/C22H21N3O5S/c1-14-15(2)25-30-22(14)17-7-8-19(29-3)20(12-17)31(27,28)10-9-21(26)24-18-6-4-5-16(11-18)13-23/h4-8,11-12H,9-10H2,1-3H3,(H,24,26). The molecule has 1 N–H and O–H groups in total. The van der Waals surface area contributed by atoms with Crippen LogP contribution in [-0.2, 0) is 14.6 Å². The molecule has 0 unspecified atom stereocenters. The van der Waals surface area contributed by atoms with Gasteiger partial charge in [0, 0.05) is 23.2 Å². The van der Waals surface area contributed by atoms with E-state index in [4.69, 9.17) is 14.5 Å². The zero-order valence-electron chi connectivity index (χ0n) is 17.3. The molecule has 0 saturated heterocycles. The maximum atomic E-state index is 13.0. The van der Waals surface area contributed by atoms with Crippen LogP contribution in [0.5, 0.6) is 5.75 Å². The average molecular weight is 439 g/mol. The summed E-state index contributed by atoms with van der Waals surface area (Å²) >= 11 is 0. The summed E-state index contributed by atoms with van der Waals surface area (Å²) in [6.07, 6.45) is -0.257. The summed E-state index contributed by atoms with van der Waals surface area (Å²) in [5, 5.41) is 15.5. The highest BCUT2D eigenvalue weighted by Crippen LogP contribution is 2.33. The van der Waals surface area contributed by atoms with Gasteiger partial charge in [0.2, 0.25) is 5.91 Å². The Labute approximate surface area is 180 Å². The summed E-state index contributed by atoms with van der Waals surface area (Å²) in [5.74, 6) is -0.229. The Morgan fingerprint density at radius 1 is 1.23 bits per heavy atom. The average Bonchev–Trinajstić information content (AvgIpc) is 3.10. The predicted octanol–water partition coefficient (Wildman–Crippen LogP) is 3.64. The number of nitrogens with one attached hydrogen (secondary N) is 1. The van der Waals surface area contributed by atoms with Crippen molar-refractivity contribution >= 4 is 21.4 Å². The summed E-state index contributed by atoms with van der Waals surface area (Å²) in [7, 11) is -2.46. The van der Waals surface area contributed by atoms with E-state index in [2.05, 4.69) is 10.5 Å². The van der Waals surface area contributed by atoms with Gasteiger partial charge in [-0.15, -0.1) is 0 Å². The molecule has 0 aliphatic rings. The summed E-state index contributed by atoms with van der Waals surface area (Å²) in [6, 6.07) is 13.1. The van der Waals surface area contributed by atoms with Gasteiger partial charge in [0.1, 0.15) is 10.6 Å². The highest BCUT2D eigenvalue weighted by Gasteiger charge is 2.23. The smallest absolute Gasteiger partial charge is 0.225 e. The Bertz CT molecular complexity index is 1270. The van der Waals surface area contributed by atoms with Crippen LogP contribution in [0.2, 0.25) is 0 Å². The van der Waals surface area contributed by atoms with Crippen LogP contribution in [-0.4, -0.2) is 32.3 Å². The van der Waals surface area contributed by atoms with Crippen LogP contribution in [0.4, 0.5) is 5.69 Å². The third-order valence-corrected chi connectivity index (χ3v) is 6.52. The van der Waals surface area contributed by atoms with Crippen molar-refractivity contribution in [1.29, 1.82) is 5.26 Å². The molecule has 0 bridgehead atoms. The molecule has 3 aromatic rings. The number of carbonyl (C=O) groups excluding carboxylic acids is 1. The maximum Gasteiger partial charge on any atom is 0.225 e. The second-order valence-corrected chi connectivity index (χ2v) is 8.97. The molecule has 0 saturated carbocycles. The summed E-state index contributed by atoms with van der Waals surface area (Å²) in [6.45, 7) is 3.64. The number of amides is 1. The van der Waals surface area contributed by atoms with Gasteiger partial charge >= 0.3 is 0 Å². The fourth-order valence-electron chi connectivity index (χ4n) is 2.97. The first-order valence-corrected chi connectivity index (χ1v) is 11.0. The number of aromatic nitrogens is 1. The lowest BCUT2D eigenvalue weighted by Gasteiger charge is -2.11. The van der Waals surface area contributed by atoms with Crippen LogP contribution in [0.15, 0.2) is 51.9 Å². The van der Waals surface area contributed by atoms with Crippen LogP contribution in [0, 0.1) is 25.2 Å². The van der Waals surface area contributed by atoms with E-state index >= 15 is 0 Å². The first-order valence-electron chi connectivity index (χ1n) is 9.39. The van der Waals surface area contributed by atoms with Gasteiger partial charge in [0.15, 0.2) is 15.6 Å². The number of nitriles is 1. The normalized spacial score (nSPS) is 11.0. The zero-order chi connectivity index (χ0) is 22.6. The fourth-order valence-corrected chi connectivity index (χ4v) is 4.41. The molecule has 1 amide bonds. The third-order valence-electron chi connectivity index (χ3n) is 4.79. The molecule has 0 radical (unpaired) electrons. The highest BCUT2D eigenvalue weighted by atomic mass is 32.2. The van der Waals surface area contributed by atoms with Gasteiger partial charge in [-0.3, -0.25) is 4.79 Å². The summed E-state index contributed by atoms with van der Waals surface area (Å²) in [5.41, 5.74) is 2.90. The molecule has 0 atom stereocenters. The van der Waals surface area contributed by atoms with Crippen LogP contribution in [0.1, 0.15) is 23.2 Å². The number of methoxy groups -OCH3 is 1. The van der Waals surface area contributed by atoms with Crippen molar-refractivity contribution in [2.45, 2.75) is 25.2 Å². The van der Waals surface area contributed by atoms with Crippen LogP contribution in [0.25, 0.3) is 11.3 Å². The van der Waals surface area contributed by atoms with Gasteiger partial charge in [0.25, 0.3) is 0 Å². The van der Waals surface area contributed by atoms with Gasteiger partial charge in [-0.25, -0.2) is 8.42 Å². The van der Waals surface area contributed by atoms with Crippen molar-refractivity contribution < 1.29 is 22.5 Å². The number of aryl methyl sites for hydroxylation is 1. The molecule has 8 nitrogen and oxygen atoms in total. The Balaban J connectivity index is 1.80. The molecule has 31 heavy (non-hydrogen) atoms. The van der Waals surface area contributed by atoms with E-state index in [-0.39, 0.29) is 17.1 Å². The van der Waals surface area contributed by atoms with E-state index in [9.17, 15) is 13.2 Å². The number of rotatable bonds is 7. The van der Waals surface area contributed by atoms with E-state index in [1.54, 1.807) is 37.3 Å². The molecule has 3 rings (SSSR count). The van der Waals surface area contributed by atoms with E-state index in [1.165, 1.54) is 19.2 Å². The molecule has 1 aromatic heterocycles. The van der Waals surface area contributed by atoms with Gasteiger partial charge in [-0.1, -0.05) is 11.2 Å². The van der Waals surface area contributed by atoms with Crippen molar-refractivity contribution in [3.8, 4) is 23.1 Å². The third kappa shape index (κ3) is 4.92. The number of hydrogen-bond donors (Lipinski definition) is 1. The first kappa shape index (κ1) is 22.1. The van der Waals surface area contributed by atoms with Crippen molar-refractivity contribution in [2.24, 2.45) is 0 Å². The van der Waals surface area contributed by atoms with E-state index in [0.29, 0.717) is 28.3 Å². The predicted molar refractivity (Wildman–Crippen MR) is 114 cm³/mol. The number of anilines is 1. The number of ether oxygens (including phenoxy) is 1. The van der Waals surface area contributed by atoms with Gasteiger partial charge in [-0.05, 0) is 50.2 Å². The highest BCUT2D eigenvalue weighted by molar-refractivity contribution is 7.91. The Hall–Kier alpha value is -3.64. The van der Waals surface area contributed by atoms with Crippen molar-refractivity contribution in [1.82, 2.24) is 5.16 Å². The Kier molecular flexibility index (Phi) is 6.42. The summed E-state index contributed by atoms with van der Waals surface area (Å²) < 4.78 is 36.5. The molecule has 0 aliphatic heterocycles. The van der Waals surface area contributed by atoms with Crippen molar-refractivity contribution in [2.75, 3.05) is 18.2 Å². The van der Waals surface area contributed by atoms with E-state index in [0.717, 1.165) is 5.56 Å². The second-order valence-electron chi connectivity index (χ2n) is 6.90. The molecular formula is C22H21N3O5S. The Morgan fingerprint density at radius 2 is 2.00 bits per heavy atom. The van der Waals surface area contributed by atoms with Crippen LogP contribution >= 0.6 is 0 Å². The minimum atomic E-state index is -3.84. The number of carbonyl (C=O) groups is 1. The molecule has 9 heteroatoms. The quantitative estimate of drug-likeness (QED) is 0.596. The molecule has 2 aromatic carbocycles. The lowest BCUT2D eigenvalue weighted by molar-refractivity contribution is -0.115. The van der Waals surface area contributed by atoms with Gasteiger partial charge in [0.05, 0.1) is 30.2 Å². The lowest BCUT2D eigenvalue weighted by Crippen LogP contribution is -2.18. The number of nitrogens with zero attached hydrogens (tertiary/aromatic N) is 2. The molecule has 0 fully saturated rings. The summed E-state index contributed by atoms with van der Waals surface area (Å²) in [4.78, 5) is 12.2. The van der Waals surface area contributed by atoms with Crippen LogP contribution in [0.3, 0.4) is 0 Å². The molecular weight excluding hydrogens is 418 g/mol. The monoisotopic (exact) mass is 439 g/mol. The number of benzene rings is 2. The number of sulfone groups is 1. The maximum absolute atomic E-state index is 13.0. The number of hydrogen-bond acceptors (Lipinski definition) is 7. The van der Waals surface area contributed by atoms with E-state index < -0.39 is 21.5 Å². The minimum absolute atomic E-state index is 0.0276. The van der Waals surface area contributed by atoms with Crippen molar-refractivity contribution in [3.05, 3.63) is 59.3 Å². The van der Waals surface area contributed by atoms with Crippen LogP contribution < -0.4 is 10.1 Å². The first-order chi connectivity index (χ1) is 14.7. The molecule has 0 spiro atoms. The molecule has 1 heterocycles. The Morgan fingerprint density at radius 3 is 2.65 bits per heavy atom. The second kappa shape index (κ2) is 9.02. The molecule has 160 valence electrons. The van der Waals surface area contributed by atoms with Gasteiger partial charge in [-0.2, -0.15) is 5.26 Å². The van der Waals surface area contributed by atoms with Crippen molar-refractivity contribution in [3.63, 3.8) is 0 Å². The topological polar surface area (TPSA) is 122 Å². The van der Waals surface area contributed by atoms with Gasteiger partial charge < -0.3 is 14.6 Å². The fraction of sp³-hybridized carbons (Fsp3) is 0.227. The lowest BCUT2D eigenvalue weighted by atomic mass is 10.1.